The second-order valence-corrected chi connectivity index (χ2v) is 3.69. The Hall–Kier alpha value is -1.97. The number of carbonyl (C=O) groups is 1. The molecule has 0 bridgehead atoms. The highest BCUT2D eigenvalue weighted by Gasteiger charge is 2.01. The Morgan fingerprint density at radius 2 is 2.17 bits per heavy atom. The fourth-order valence-corrected chi connectivity index (χ4v) is 1.47. The molecule has 0 fully saturated rings. The summed E-state index contributed by atoms with van der Waals surface area (Å²) >= 11 is 0. The Kier molecular flexibility index (Phi) is 5.77. The third-order valence-corrected chi connectivity index (χ3v) is 2.35. The number of allylic oxidation sites excluding steroid dienone is 1. The molecule has 0 heterocycles. The molecule has 1 rings (SSSR count). The van der Waals surface area contributed by atoms with Gasteiger partial charge in [0.15, 0.2) is 11.5 Å². The Labute approximate surface area is 107 Å². The standard InChI is InChI=1S/C14H18O4/c1-3-18-14(16)7-5-4-6-11-8-9-12(15)13(10-11)17-2/h4-5,8-10,15H,3,6-7H2,1-2H3/b5-4+. The number of rotatable bonds is 6. The van der Waals surface area contributed by atoms with Crippen LogP contribution in [0.15, 0.2) is 30.4 Å². The molecule has 0 saturated heterocycles. The first kappa shape index (κ1) is 14.1. The van der Waals surface area contributed by atoms with Crippen molar-refractivity contribution in [3.05, 3.63) is 35.9 Å². The van der Waals surface area contributed by atoms with Gasteiger partial charge in [0.2, 0.25) is 0 Å². The zero-order chi connectivity index (χ0) is 13.4. The lowest BCUT2D eigenvalue weighted by atomic mass is 10.1. The molecule has 0 aliphatic carbocycles. The summed E-state index contributed by atoms with van der Waals surface area (Å²) in [7, 11) is 1.51. The zero-order valence-electron chi connectivity index (χ0n) is 10.7. The molecular formula is C14H18O4. The summed E-state index contributed by atoms with van der Waals surface area (Å²) in [5.74, 6) is 0.347. The molecular weight excluding hydrogens is 232 g/mol. The topological polar surface area (TPSA) is 55.8 Å². The van der Waals surface area contributed by atoms with Gasteiger partial charge in [-0.05, 0) is 31.0 Å². The lowest BCUT2D eigenvalue weighted by molar-refractivity contribution is -0.142. The summed E-state index contributed by atoms with van der Waals surface area (Å²) in [4.78, 5) is 11.1. The number of ether oxygens (including phenoxy) is 2. The number of methoxy groups -OCH3 is 1. The molecule has 0 saturated carbocycles. The van der Waals surface area contributed by atoms with Crippen LogP contribution in [0, 0.1) is 0 Å². The summed E-state index contributed by atoms with van der Waals surface area (Å²) in [6.07, 6.45) is 4.62. The normalized spacial score (nSPS) is 10.6. The van der Waals surface area contributed by atoms with E-state index in [4.69, 9.17) is 9.47 Å². The molecule has 18 heavy (non-hydrogen) atoms. The minimum absolute atomic E-state index is 0.122. The maximum absolute atomic E-state index is 11.1. The fraction of sp³-hybridized carbons (Fsp3) is 0.357. The molecule has 1 aromatic rings. The van der Waals surface area contributed by atoms with Crippen molar-refractivity contribution in [2.45, 2.75) is 19.8 Å². The van der Waals surface area contributed by atoms with Crippen molar-refractivity contribution < 1.29 is 19.4 Å². The van der Waals surface area contributed by atoms with Crippen LogP contribution in [0.5, 0.6) is 11.5 Å². The maximum Gasteiger partial charge on any atom is 0.309 e. The minimum Gasteiger partial charge on any atom is -0.504 e. The molecule has 0 aliphatic rings. The molecule has 0 atom stereocenters. The van der Waals surface area contributed by atoms with E-state index in [0.29, 0.717) is 18.8 Å². The van der Waals surface area contributed by atoms with Crippen LogP contribution in [0.3, 0.4) is 0 Å². The summed E-state index contributed by atoms with van der Waals surface area (Å²) in [6, 6.07) is 5.17. The van der Waals surface area contributed by atoms with E-state index in [1.165, 1.54) is 7.11 Å². The van der Waals surface area contributed by atoms with Gasteiger partial charge in [0.1, 0.15) is 0 Å². The highest BCUT2D eigenvalue weighted by atomic mass is 16.5. The quantitative estimate of drug-likeness (QED) is 0.622. The molecule has 0 aromatic heterocycles. The van der Waals surface area contributed by atoms with E-state index in [-0.39, 0.29) is 18.1 Å². The molecule has 0 unspecified atom stereocenters. The van der Waals surface area contributed by atoms with Crippen LogP contribution in [0.25, 0.3) is 0 Å². The van der Waals surface area contributed by atoms with Crippen LogP contribution in [0.1, 0.15) is 18.9 Å². The van der Waals surface area contributed by atoms with E-state index in [2.05, 4.69) is 0 Å². The summed E-state index contributed by atoms with van der Waals surface area (Å²) < 4.78 is 9.82. The number of carbonyl (C=O) groups excluding carboxylic acids is 1. The number of hydrogen-bond donors (Lipinski definition) is 1. The van der Waals surface area contributed by atoms with Crippen molar-refractivity contribution in [2.75, 3.05) is 13.7 Å². The average Bonchev–Trinajstić information content (AvgIpc) is 2.37. The zero-order valence-corrected chi connectivity index (χ0v) is 10.7. The van der Waals surface area contributed by atoms with Crippen molar-refractivity contribution in [2.24, 2.45) is 0 Å². The molecule has 1 aromatic carbocycles. The lowest BCUT2D eigenvalue weighted by Crippen LogP contribution is -2.01. The minimum atomic E-state index is -0.225. The van der Waals surface area contributed by atoms with Gasteiger partial charge in [0.05, 0.1) is 20.1 Å². The monoisotopic (exact) mass is 250 g/mol. The van der Waals surface area contributed by atoms with Gasteiger partial charge >= 0.3 is 5.97 Å². The number of benzene rings is 1. The molecule has 4 nitrogen and oxygen atoms in total. The molecule has 1 N–H and O–H groups in total. The van der Waals surface area contributed by atoms with E-state index in [1.54, 1.807) is 25.1 Å². The van der Waals surface area contributed by atoms with Gasteiger partial charge in [0.25, 0.3) is 0 Å². The molecule has 0 amide bonds. The SMILES string of the molecule is CCOC(=O)C/C=C/Cc1ccc(O)c(OC)c1. The number of phenols is 1. The van der Waals surface area contributed by atoms with E-state index in [1.807, 2.05) is 12.1 Å². The lowest BCUT2D eigenvalue weighted by Gasteiger charge is -2.04. The van der Waals surface area contributed by atoms with Crippen molar-refractivity contribution in [1.82, 2.24) is 0 Å². The van der Waals surface area contributed by atoms with Crippen LogP contribution in [-0.4, -0.2) is 24.8 Å². The third-order valence-electron chi connectivity index (χ3n) is 2.35. The summed E-state index contributed by atoms with van der Waals surface area (Å²) in [5.41, 5.74) is 1.00. The number of esters is 1. The van der Waals surface area contributed by atoms with Crippen molar-refractivity contribution >= 4 is 5.97 Å². The van der Waals surface area contributed by atoms with E-state index in [0.717, 1.165) is 5.56 Å². The van der Waals surface area contributed by atoms with E-state index >= 15 is 0 Å². The van der Waals surface area contributed by atoms with Crippen LogP contribution >= 0.6 is 0 Å². The van der Waals surface area contributed by atoms with Crippen molar-refractivity contribution in [3.8, 4) is 11.5 Å². The van der Waals surface area contributed by atoms with Crippen LogP contribution in [-0.2, 0) is 16.0 Å². The van der Waals surface area contributed by atoms with E-state index in [9.17, 15) is 9.90 Å². The molecule has 0 aliphatic heterocycles. The van der Waals surface area contributed by atoms with Crippen LogP contribution in [0.4, 0.5) is 0 Å². The van der Waals surface area contributed by atoms with Crippen molar-refractivity contribution in [1.29, 1.82) is 0 Å². The molecule has 0 spiro atoms. The smallest absolute Gasteiger partial charge is 0.309 e. The maximum atomic E-state index is 11.1. The Balaban J connectivity index is 2.48. The second-order valence-electron chi connectivity index (χ2n) is 3.69. The first-order valence-corrected chi connectivity index (χ1v) is 5.83. The van der Waals surface area contributed by atoms with Gasteiger partial charge in [-0.3, -0.25) is 4.79 Å². The van der Waals surface area contributed by atoms with Crippen molar-refractivity contribution in [3.63, 3.8) is 0 Å². The number of phenolic OH excluding ortho intramolecular Hbond substituents is 1. The largest absolute Gasteiger partial charge is 0.504 e. The highest BCUT2D eigenvalue weighted by Crippen LogP contribution is 2.26. The Morgan fingerprint density at radius 3 is 2.83 bits per heavy atom. The Bertz CT molecular complexity index is 424. The molecule has 4 heteroatoms. The number of hydrogen-bond acceptors (Lipinski definition) is 4. The fourth-order valence-electron chi connectivity index (χ4n) is 1.47. The second kappa shape index (κ2) is 7.37. The van der Waals surface area contributed by atoms with Gasteiger partial charge in [-0.15, -0.1) is 0 Å². The Morgan fingerprint density at radius 1 is 1.39 bits per heavy atom. The van der Waals surface area contributed by atoms with Gasteiger partial charge in [-0.2, -0.15) is 0 Å². The van der Waals surface area contributed by atoms with E-state index < -0.39 is 0 Å². The first-order valence-electron chi connectivity index (χ1n) is 5.83. The summed E-state index contributed by atoms with van der Waals surface area (Å²) in [6.45, 7) is 2.19. The highest BCUT2D eigenvalue weighted by molar-refractivity contribution is 5.71. The average molecular weight is 250 g/mol. The third kappa shape index (κ3) is 4.49. The van der Waals surface area contributed by atoms with Gasteiger partial charge in [0, 0.05) is 0 Å². The first-order chi connectivity index (χ1) is 8.67. The molecule has 0 radical (unpaired) electrons. The molecule has 98 valence electrons. The van der Waals surface area contributed by atoms with Gasteiger partial charge in [-0.25, -0.2) is 0 Å². The van der Waals surface area contributed by atoms with Gasteiger partial charge < -0.3 is 14.6 Å². The number of aromatic hydroxyl groups is 1. The predicted molar refractivity (Wildman–Crippen MR) is 68.8 cm³/mol. The van der Waals surface area contributed by atoms with Crippen LogP contribution < -0.4 is 4.74 Å². The van der Waals surface area contributed by atoms with Gasteiger partial charge in [-0.1, -0.05) is 18.2 Å². The van der Waals surface area contributed by atoms with Crippen LogP contribution in [0.2, 0.25) is 0 Å². The summed E-state index contributed by atoms with van der Waals surface area (Å²) in [5, 5.41) is 9.43. The predicted octanol–water partition coefficient (Wildman–Crippen LogP) is 2.45.